The van der Waals surface area contributed by atoms with Crippen LogP contribution in [0.3, 0.4) is 0 Å². The number of anilines is 2. The zero-order chi connectivity index (χ0) is 26.1. The van der Waals surface area contributed by atoms with Crippen molar-refractivity contribution >= 4 is 22.4 Å². The second kappa shape index (κ2) is 10.1. The molecule has 0 unspecified atom stereocenters. The molecule has 0 atom stereocenters. The molecule has 5 rings (SSSR count). The molecule has 8 nitrogen and oxygen atoms in total. The molecule has 0 saturated heterocycles. The minimum atomic E-state index is -0.342. The van der Waals surface area contributed by atoms with E-state index in [4.69, 9.17) is 4.74 Å². The van der Waals surface area contributed by atoms with Gasteiger partial charge >= 0.3 is 0 Å². The maximum atomic E-state index is 13.0. The van der Waals surface area contributed by atoms with Crippen molar-refractivity contribution in [3.8, 4) is 17.9 Å². The van der Waals surface area contributed by atoms with Crippen molar-refractivity contribution < 1.29 is 4.74 Å². The first-order valence-electron chi connectivity index (χ1n) is 12.9. The molecular formula is C29H32N6O2. The second-order valence-corrected chi connectivity index (χ2v) is 10.2. The molecule has 0 spiro atoms. The zero-order valence-corrected chi connectivity index (χ0v) is 21.6. The molecule has 2 aromatic heterocycles. The number of ether oxygens (including phenoxy) is 1. The Hall–Kier alpha value is -4.04. The van der Waals surface area contributed by atoms with E-state index in [1.165, 1.54) is 23.1 Å². The van der Waals surface area contributed by atoms with E-state index in [0.29, 0.717) is 22.8 Å². The Morgan fingerprint density at radius 2 is 1.78 bits per heavy atom. The number of benzene rings is 1. The van der Waals surface area contributed by atoms with Gasteiger partial charge in [0.15, 0.2) is 0 Å². The highest BCUT2D eigenvalue weighted by Crippen LogP contribution is 2.38. The van der Waals surface area contributed by atoms with Gasteiger partial charge in [0.1, 0.15) is 34.7 Å². The smallest absolute Gasteiger partial charge is 0.270 e. The molecule has 0 aliphatic heterocycles. The fourth-order valence-corrected chi connectivity index (χ4v) is 5.67. The first-order valence-corrected chi connectivity index (χ1v) is 12.9. The summed E-state index contributed by atoms with van der Waals surface area (Å²) in [5.74, 6) is 1.63. The van der Waals surface area contributed by atoms with Crippen LogP contribution in [0.25, 0.3) is 11.0 Å². The summed E-state index contributed by atoms with van der Waals surface area (Å²) in [5.41, 5.74) is 2.88. The van der Waals surface area contributed by atoms with E-state index >= 15 is 0 Å². The lowest BCUT2D eigenvalue weighted by Crippen LogP contribution is -2.44. The monoisotopic (exact) mass is 496 g/mol. The van der Waals surface area contributed by atoms with Gasteiger partial charge in [-0.1, -0.05) is 6.07 Å². The standard InChI is InChI=1S/C29H32N6O2/c1-33(28-25(17-31)29(36)34(2)26-14-9-20(16-30)32-27(26)28)21-10-12-22(13-11-21)35(18-19-7-8-19)23-5-4-6-24(15-23)37-3/h4-6,9,14-15,19,21-22H,7-8,10-13,18H2,1-3H3. The average Bonchev–Trinajstić information content (AvgIpc) is 3.77. The number of nitrogens with zero attached hydrogens (tertiary/aromatic N) is 6. The predicted molar refractivity (Wildman–Crippen MR) is 144 cm³/mol. The predicted octanol–water partition coefficient (Wildman–Crippen LogP) is 4.35. The summed E-state index contributed by atoms with van der Waals surface area (Å²) in [6.07, 6.45) is 6.49. The molecule has 8 heteroatoms. The molecule has 3 aromatic rings. The summed E-state index contributed by atoms with van der Waals surface area (Å²) in [6.45, 7) is 1.07. The van der Waals surface area contributed by atoms with Gasteiger partial charge in [-0.05, 0) is 68.7 Å². The second-order valence-electron chi connectivity index (χ2n) is 10.2. The molecule has 2 fully saturated rings. The number of aryl methyl sites for hydroxylation is 1. The number of hydrogen-bond donors (Lipinski definition) is 0. The molecule has 37 heavy (non-hydrogen) atoms. The fourth-order valence-electron chi connectivity index (χ4n) is 5.67. The van der Waals surface area contributed by atoms with Gasteiger partial charge in [0.2, 0.25) is 0 Å². The Morgan fingerprint density at radius 3 is 2.43 bits per heavy atom. The number of methoxy groups -OCH3 is 1. The summed E-state index contributed by atoms with van der Waals surface area (Å²) in [7, 11) is 5.29. The summed E-state index contributed by atoms with van der Waals surface area (Å²) >= 11 is 0. The highest BCUT2D eigenvalue weighted by atomic mass is 16.5. The van der Waals surface area contributed by atoms with Crippen LogP contribution in [0.2, 0.25) is 0 Å². The van der Waals surface area contributed by atoms with E-state index in [0.717, 1.165) is 43.9 Å². The van der Waals surface area contributed by atoms with Crippen molar-refractivity contribution in [1.29, 1.82) is 10.5 Å². The van der Waals surface area contributed by atoms with Crippen molar-refractivity contribution in [2.75, 3.05) is 30.5 Å². The van der Waals surface area contributed by atoms with Crippen molar-refractivity contribution in [2.24, 2.45) is 13.0 Å². The topological polar surface area (TPSA) is 98.2 Å². The number of rotatable bonds is 7. The summed E-state index contributed by atoms with van der Waals surface area (Å²) in [6, 6.07) is 16.5. The van der Waals surface area contributed by atoms with Gasteiger partial charge in [-0.3, -0.25) is 4.79 Å². The molecule has 2 saturated carbocycles. The zero-order valence-electron chi connectivity index (χ0n) is 21.6. The van der Waals surface area contributed by atoms with Crippen molar-refractivity contribution in [1.82, 2.24) is 9.55 Å². The Balaban J connectivity index is 1.43. The molecule has 190 valence electrons. The number of aromatic nitrogens is 2. The Kier molecular flexibility index (Phi) is 6.76. The highest BCUT2D eigenvalue weighted by Gasteiger charge is 2.33. The third-order valence-corrected chi connectivity index (χ3v) is 7.99. The average molecular weight is 497 g/mol. The quantitative estimate of drug-likeness (QED) is 0.480. The lowest BCUT2D eigenvalue weighted by atomic mass is 9.88. The SMILES string of the molecule is COc1cccc(N(CC2CC2)C2CCC(N(C)c3c(C#N)c(=O)n(C)c4ccc(C#N)nc34)CC2)c1. The fraction of sp³-hybridized carbons (Fsp3) is 0.448. The Labute approximate surface area is 217 Å². The highest BCUT2D eigenvalue weighted by molar-refractivity contribution is 5.92. The molecule has 2 heterocycles. The summed E-state index contributed by atoms with van der Waals surface area (Å²) in [4.78, 5) is 22.2. The third-order valence-electron chi connectivity index (χ3n) is 7.99. The summed E-state index contributed by atoms with van der Waals surface area (Å²) < 4.78 is 6.93. The lowest BCUT2D eigenvalue weighted by molar-refractivity contribution is 0.364. The van der Waals surface area contributed by atoms with Crippen molar-refractivity contribution in [3.63, 3.8) is 0 Å². The molecule has 0 radical (unpaired) electrons. The van der Waals surface area contributed by atoms with Gasteiger partial charge in [-0.2, -0.15) is 10.5 Å². The van der Waals surface area contributed by atoms with Crippen LogP contribution in [0.4, 0.5) is 11.4 Å². The van der Waals surface area contributed by atoms with Crippen LogP contribution in [-0.4, -0.2) is 42.3 Å². The van der Waals surface area contributed by atoms with Gasteiger partial charge in [0.25, 0.3) is 5.56 Å². The van der Waals surface area contributed by atoms with E-state index in [1.54, 1.807) is 26.3 Å². The maximum Gasteiger partial charge on any atom is 0.270 e. The maximum absolute atomic E-state index is 13.0. The van der Waals surface area contributed by atoms with Crippen LogP contribution < -0.4 is 20.1 Å². The normalized spacial score (nSPS) is 19.2. The van der Waals surface area contributed by atoms with Crippen molar-refractivity contribution in [2.45, 2.75) is 50.6 Å². The first-order chi connectivity index (χ1) is 17.9. The molecule has 0 N–H and O–H groups in total. The van der Waals surface area contributed by atoms with Crippen LogP contribution in [0.1, 0.15) is 49.8 Å². The van der Waals surface area contributed by atoms with Crippen molar-refractivity contribution in [3.05, 3.63) is 58.0 Å². The van der Waals surface area contributed by atoms with E-state index in [-0.39, 0.29) is 22.9 Å². The molecule has 2 aliphatic rings. The van der Waals surface area contributed by atoms with Gasteiger partial charge in [0, 0.05) is 44.5 Å². The first kappa shape index (κ1) is 24.6. The van der Waals surface area contributed by atoms with Crippen LogP contribution >= 0.6 is 0 Å². The largest absolute Gasteiger partial charge is 0.497 e. The molecule has 2 aliphatic carbocycles. The minimum Gasteiger partial charge on any atom is -0.497 e. The lowest BCUT2D eigenvalue weighted by Gasteiger charge is -2.41. The Bertz CT molecular complexity index is 1450. The van der Waals surface area contributed by atoms with Crippen LogP contribution in [-0.2, 0) is 7.05 Å². The van der Waals surface area contributed by atoms with Crippen LogP contribution in [0.15, 0.2) is 41.2 Å². The van der Waals surface area contributed by atoms with Gasteiger partial charge in [-0.15, -0.1) is 0 Å². The molecule has 0 bridgehead atoms. The minimum absolute atomic E-state index is 0.0777. The number of nitriles is 2. The number of hydrogen-bond acceptors (Lipinski definition) is 7. The Morgan fingerprint density at radius 1 is 1.05 bits per heavy atom. The number of fused-ring (bicyclic) bond motifs is 1. The van der Waals surface area contributed by atoms with E-state index in [1.807, 2.05) is 13.1 Å². The molecule has 1 aromatic carbocycles. The molecular weight excluding hydrogens is 464 g/mol. The van der Waals surface area contributed by atoms with Gasteiger partial charge in [-0.25, -0.2) is 4.98 Å². The van der Waals surface area contributed by atoms with Crippen LogP contribution in [0, 0.1) is 28.6 Å². The van der Waals surface area contributed by atoms with E-state index < -0.39 is 0 Å². The number of pyridine rings is 2. The molecule has 0 amide bonds. The van der Waals surface area contributed by atoms with E-state index in [9.17, 15) is 15.3 Å². The third kappa shape index (κ3) is 4.72. The van der Waals surface area contributed by atoms with E-state index in [2.05, 4.69) is 45.1 Å². The van der Waals surface area contributed by atoms with Gasteiger partial charge in [0.05, 0.1) is 18.3 Å². The van der Waals surface area contributed by atoms with Crippen LogP contribution in [0.5, 0.6) is 5.75 Å². The van der Waals surface area contributed by atoms with Gasteiger partial charge < -0.3 is 19.1 Å². The summed E-state index contributed by atoms with van der Waals surface area (Å²) in [5, 5.41) is 19.4.